The van der Waals surface area contributed by atoms with Gasteiger partial charge in [0.1, 0.15) is 23.2 Å². The summed E-state index contributed by atoms with van der Waals surface area (Å²) in [6.07, 6.45) is -0.374. The van der Waals surface area contributed by atoms with E-state index in [0.29, 0.717) is 5.84 Å². The molecule has 0 saturated carbocycles. The van der Waals surface area contributed by atoms with Crippen molar-refractivity contribution in [3.8, 4) is 22.4 Å². The summed E-state index contributed by atoms with van der Waals surface area (Å²) in [5, 5.41) is 13.9. The fourth-order valence-corrected chi connectivity index (χ4v) is 10.5. The maximum Gasteiger partial charge on any atom is 0.159 e. The Labute approximate surface area is 360 Å². The van der Waals surface area contributed by atoms with E-state index in [1.807, 2.05) is 18.2 Å². The van der Waals surface area contributed by atoms with E-state index in [9.17, 15) is 0 Å². The number of thiophene rings is 1. The van der Waals surface area contributed by atoms with Crippen LogP contribution in [-0.4, -0.2) is 16.7 Å². The van der Waals surface area contributed by atoms with Crippen LogP contribution in [0.3, 0.4) is 0 Å². The van der Waals surface area contributed by atoms with E-state index in [-0.39, 0.29) is 6.17 Å². The molecule has 290 valence electrons. The third-order valence-electron chi connectivity index (χ3n) is 12.3. The summed E-state index contributed by atoms with van der Waals surface area (Å²) in [4.78, 5) is 15.7. The first-order valence-corrected chi connectivity index (χ1v) is 21.7. The molecule has 1 atom stereocenters. The first kappa shape index (κ1) is 34.9. The maximum absolute atomic E-state index is 7.14. The summed E-state index contributed by atoms with van der Waals surface area (Å²) in [6.45, 7) is 0. The average molecular weight is 811 g/mol. The van der Waals surface area contributed by atoms with Crippen molar-refractivity contribution < 1.29 is 4.42 Å². The zero-order valence-electron chi connectivity index (χ0n) is 33.2. The van der Waals surface area contributed by atoms with Crippen molar-refractivity contribution in [3.63, 3.8) is 0 Å². The second kappa shape index (κ2) is 13.8. The van der Waals surface area contributed by atoms with Crippen LogP contribution in [0.15, 0.2) is 209 Å². The van der Waals surface area contributed by atoms with Gasteiger partial charge in [0.2, 0.25) is 0 Å². The Morgan fingerprint density at radius 1 is 0.468 bits per heavy atom. The number of aromatic nitrogens is 1. The SMILES string of the molecule is c1ccc(C2=NC(c3ccc4c(c3)sc3ccccc34)=NC(c3cccc(-c4cccc5c4oc4c5ccc5c(-c6cccc7ccccc67)nc6ccccc6c54)c3)N2)cc1. The van der Waals surface area contributed by atoms with Crippen LogP contribution in [0, 0.1) is 0 Å². The van der Waals surface area contributed by atoms with Gasteiger partial charge in [-0.15, -0.1) is 11.3 Å². The average Bonchev–Trinajstić information content (AvgIpc) is 3.92. The highest BCUT2D eigenvalue weighted by atomic mass is 32.1. The Morgan fingerprint density at radius 3 is 2.08 bits per heavy atom. The van der Waals surface area contributed by atoms with Gasteiger partial charge >= 0.3 is 0 Å². The number of aliphatic imine (C=N–C) groups is 2. The number of hydrogen-bond acceptors (Lipinski definition) is 6. The lowest BCUT2D eigenvalue weighted by molar-refractivity contribution is 0.672. The Kier molecular flexibility index (Phi) is 7.77. The lowest BCUT2D eigenvalue weighted by atomic mass is 9.95. The maximum atomic E-state index is 7.14. The minimum atomic E-state index is -0.374. The summed E-state index contributed by atoms with van der Waals surface area (Å²) < 4.78 is 9.64. The zero-order chi connectivity index (χ0) is 40.7. The van der Waals surface area contributed by atoms with Crippen molar-refractivity contribution in [3.05, 3.63) is 211 Å². The van der Waals surface area contributed by atoms with Gasteiger partial charge in [-0.2, -0.15) is 0 Å². The molecule has 1 N–H and O–H groups in total. The summed E-state index contributed by atoms with van der Waals surface area (Å²) in [6, 6.07) is 68.5. The lowest BCUT2D eigenvalue weighted by Gasteiger charge is -2.24. The Bertz CT molecular complexity index is 3860. The number of hydrogen-bond donors (Lipinski definition) is 1. The van der Waals surface area contributed by atoms with E-state index in [2.05, 4.69) is 181 Å². The van der Waals surface area contributed by atoms with Crippen molar-refractivity contribution >= 4 is 97.6 Å². The van der Waals surface area contributed by atoms with Crippen LogP contribution in [0.1, 0.15) is 22.9 Å². The summed E-state index contributed by atoms with van der Waals surface area (Å²) in [5.74, 6) is 1.49. The van der Waals surface area contributed by atoms with Crippen LogP contribution in [-0.2, 0) is 0 Å². The highest BCUT2D eigenvalue weighted by Crippen LogP contribution is 2.44. The Morgan fingerprint density at radius 2 is 1.15 bits per heavy atom. The lowest BCUT2D eigenvalue weighted by Crippen LogP contribution is -2.33. The smallest absolute Gasteiger partial charge is 0.159 e. The number of amidine groups is 2. The van der Waals surface area contributed by atoms with Crippen molar-refractivity contribution in [1.82, 2.24) is 10.3 Å². The molecule has 12 aromatic rings. The molecule has 1 unspecified atom stereocenters. The first-order valence-electron chi connectivity index (χ1n) is 20.9. The third-order valence-corrected chi connectivity index (χ3v) is 13.4. The molecule has 0 bridgehead atoms. The molecule has 5 nitrogen and oxygen atoms in total. The van der Waals surface area contributed by atoms with Gasteiger partial charge in [0.05, 0.1) is 11.2 Å². The molecule has 0 saturated heterocycles. The topological polar surface area (TPSA) is 62.8 Å². The van der Waals surface area contributed by atoms with Crippen LogP contribution < -0.4 is 5.32 Å². The summed E-state index contributed by atoms with van der Waals surface area (Å²) in [5.41, 5.74) is 9.81. The number of pyridine rings is 1. The van der Waals surface area contributed by atoms with Gasteiger partial charge in [-0.05, 0) is 52.2 Å². The summed E-state index contributed by atoms with van der Waals surface area (Å²) >= 11 is 1.81. The molecule has 0 aliphatic carbocycles. The van der Waals surface area contributed by atoms with E-state index in [1.165, 1.54) is 30.9 Å². The fraction of sp³-hybridized carbons (Fsp3) is 0.0179. The van der Waals surface area contributed by atoms with E-state index in [1.54, 1.807) is 11.3 Å². The Balaban J connectivity index is 0.959. The second-order valence-corrected chi connectivity index (χ2v) is 17.0. The third kappa shape index (κ3) is 5.50. The second-order valence-electron chi connectivity index (χ2n) is 15.9. The van der Waals surface area contributed by atoms with Gasteiger partial charge < -0.3 is 9.73 Å². The van der Waals surface area contributed by atoms with Gasteiger partial charge in [-0.25, -0.2) is 15.0 Å². The number of nitrogens with one attached hydrogen (secondary N) is 1. The van der Waals surface area contributed by atoms with Gasteiger partial charge in [0.15, 0.2) is 5.84 Å². The van der Waals surface area contributed by atoms with Crippen molar-refractivity contribution in [2.24, 2.45) is 9.98 Å². The number of para-hydroxylation sites is 2. The summed E-state index contributed by atoms with van der Waals surface area (Å²) in [7, 11) is 0. The van der Waals surface area contributed by atoms with Crippen molar-refractivity contribution in [2.45, 2.75) is 6.17 Å². The molecule has 13 rings (SSSR count). The Hall–Kier alpha value is -7.93. The van der Waals surface area contributed by atoms with Gasteiger partial charge in [-0.3, -0.25) is 0 Å². The molecule has 0 spiro atoms. The highest BCUT2D eigenvalue weighted by Gasteiger charge is 2.24. The standard InChI is InChI=1S/C56H34N4OS/c1-2-14-34(15-3-1)54-58-55(60-56(59-54)37-27-28-41-40-20-7-9-26-48(40)62-49(41)32-37)36-18-10-17-35(31-36)39-22-12-24-43-44-29-30-46-50(53(44)61-52(39)43)45-21-6-8-25-47(45)57-51(46)42-23-11-16-33-13-4-5-19-38(33)42/h1-32,55H,(H,58,59,60). The fourth-order valence-electron chi connectivity index (χ4n) is 9.39. The molecule has 6 heteroatoms. The molecule has 9 aromatic carbocycles. The van der Waals surface area contributed by atoms with Crippen LogP contribution >= 0.6 is 11.3 Å². The van der Waals surface area contributed by atoms with E-state index in [4.69, 9.17) is 19.4 Å². The molecular weight excluding hydrogens is 777 g/mol. The molecular formula is C56H34N4OS. The molecule has 4 heterocycles. The van der Waals surface area contributed by atoms with Crippen molar-refractivity contribution in [2.75, 3.05) is 0 Å². The predicted octanol–water partition coefficient (Wildman–Crippen LogP) is 14.6. The van der Waals surface area contributed by atoms with Crippen LogP contribution in [0.5, 0.6) is 0 Å². The number of rotatable bonds is 5. The minimum absolute atomic E-state index is 0.374. The van der Waals surface area contributed by atoms with Gasteiger partial charge in [0.25, 0.3) is 0 Å². The van der Waals surface area contributed by atoms with Crippen molar-refractivity contribution in [1.29, 1.82) is 0 Å². The zero-order valence-corrected chi connectivity index (χ0v) is 34.0. The van der Waals surface area contributed by atoms with Gasteiger partial charge in [0, 0.05) is 69.4 Å². The normalized spacial score (nSPS) is 14.3. The molecule has 1 aliphatic rings. The molecule has 62 heavy (non-hydrogen) atoms. The van der Waals surface area contributed by atoms with E-state index in [0.717, 1.165) is 88.5 Å². The number of benzene rings is 9. The van der Waals surface area contributed by atoms with Gasteiger partial charge in [-0.1, -0.05) is 164 Å². The highest BCUT2D eigenvalue weighted by molar-refractivity contribution is 7.25. The van der Waals surface area contributed by atoms with Crippen LogP contribution in [0.25, 0.3) is 96.9 Å². The van der Waals surface area contributed by atoms with E-state index >= 15 is 0 Å². The number of nitrogens with zero attached hydrogens (tertiary/aromatic N) is 3. The van der Waals surface area contributed by atoms with Crippen LogP contribution in [0.4, 0.5) is 0 Å². The van der Waals surface area contributed by atoms with Crippen LogP contribution in [0.2, 0.25) is 0 Å². The molecule has 3 aromatic heterocycles. The largest absolute Gasteiger partial charge is 0.455 e. The first-order chi connectivity index (χ1) is 30.7. The number of fused-ring (bicyclic) bond motifs is 11. The van der Waals surface area contributed by atoms with E-state index < -0.39 is 0 Å². The molecule has 0 amide bonds. The molecule has 0 fully saturated rings. The number of furan rings is 1. The molecule has 0 radical (unpaired) electrons. The predicted molar refractivity (Wildman–Crippen MR) is 260 cm³/mol. The molecule has 1 aliphatic heterocycles. The minimum Gasteiger partial charge on any atom is -0.455 e. The monoisotopic (exact) mass is 810 g/mol. The quantitative estimate of drug-likeness (QED) is 0.176.